The predicted octanol–water partition coefficient (Wildman–Crippen LogP) is 4.57. The second kappa shape index (κ2) is 7.75. The number of nitrogens with zero attached hydrogens (tertiary/aromatic N) is 1. The van der Waals surface area contributed by atoms with E-state index in [0.717, 1.165) is 5.69 Å². The number of anilines is 1. The normalized spacial score (nSPS) is 11.9. The summed E-state index contributed by atoms with van der Waals surface area (Å²) in [4.78, 5) is 2.13. The van der Waals surface area contributed by atoms with Crippen LogP contribution in [0.25, 0.3) is 0 Å². The lowest BCUT2D eigenvalue weighted by Gasteiger charge is -2.27. The maximum Gasteiger partial charge on any atom is 0.123 e. The van der Waals surface area contributed by atoms with Gasteiger partial charge in [0.1, 0.15) is 5.82 Å². The molecule has 0 aliphatic heterocycles. The molecule has 0 aliphatic rings. The molecule has 0 spiro atoms. The molecule has 0 heterocycles. The van der Waals surface area contributed by atoms with Crippen molar-refractivity contribution in [2.24, 2.45) is 0 Å². The monoisotopic (exact) mass is 321 g/mol. The minimum absolute atomic E-state index is 0.296. The molecular weight excluding hydrogens is 301 g/mol. The molecule has 0 saturated carbocycles. The zero-order chi connectivity index (χ0) is 16.8. The first-order chi connectivity index (χ1) is 11.7. The number of para-hydroxylation sites is 1. The first-order valence-corrected chi connectivity index (χ1v) is 8.00. The van der Waals surface area contributed by atoms with Gasteiger partial charge in [0, 0.05) is 18.8 Å². The van der Waals surface area contributed by atoms with Crippen LogP contribution in [0.3, 0.4) is 0 Å². The highest BCUT2D eigenvalue weighted by atomic mass is 19.1. The predicted molar refractivity (Wildman–Crippen MR) is 95.3 cm³/mol. The lowest BCUT2D eigenvalue weighted by atomic mass is 10.1. The third-order valence-corrected chi connectivity index (χ3v) is 3.99. The lowest BCUT2D eigenvalue weighted by Crippen LogP contribution is -2.28. The summed E-state index contributed by atoms with van der Waals surface area (Å²) in [6.45, 7) is 1.13. The zero-order valence-corrected chi connectivity index (χ0v) is 13.3. The molecule has 122 valence electrons. The van der Waals surface area contributed by atoms with Gasteiger partial charge in [-0.25, -0.2) is 4.39 Å². The Morgan fingerprint density at radius 2 is 1.38 bits per heavy atom. The van der Waals surface area contributed by atoms with Gasteiger partial charge in [-0.15, -0.1) is 0 Å². The molecule has 0 aliphatic carbocycles. The number of hydrogen-bond acceptors (Lipinski definition) is 2. The van der Waals surface area contributed by atoms with Crippen LogP contribution >= 0.6 is 0 Å². The summed E-state index contributed by atoms with van der Waals surface area (Å²) in [5.74, 6) is -0.296. The van der Waals surface area contributed by atoms with Gasteiger partial charge < -0.3 is 10.0 Å². The van der Waals surface area contributed by atoms with Gasteiger partial charge >= 0.3 is 0 Å². The average molecular weight is 321 g/mol. The fourth-order valence-corrected chi connectivity index (χ4v) is 2.70. The van der Waals surface area contributed by atoms with Crippen LogP contribution in [0.5, 0.6) is 0 Å². The van der Waals surface area contributed by atoms with Crippen LogP contribution in [-0.2, 0) is 6.54 Å². The number of hydrogen-bond donors (Lipinski definition) is 1. The molecule has 3 aromatic carbocycles. The molecule has 0 radical (unpaired) electrons. The van der Waals surface area contributed by atoms with Gasteiger partial charge in [-0.05, 0) is 35.4 Å². The van der Waals surface area contributed by atoms with Crippen LogP contribution in [0, 0.1) is 5.82 Å². The van der Waals surface area contributed by atoms with Crippen LogP contribution < -0.4 is 4.90 Å². The van der Waals surface area contributed by atoms with Crippen LogP contribution in [0.4, 0.5) is 10.1 Å². The van der Waals surface area contributed by atoms with Gasteiger partial charge in [-0.3, -0.25) is 0 Å². The lowest BCUT2D eigenvalue weighted by molar-refractivity contribution is 0.183. The van der Waals surface area contributed by atoms with E-state index in [4.69, 9.17) is 0 Å². The Balaban J connectivity index is 1.80. The largest absolute Gasteiger partial charge is 0.387 e. The minimum atomic E-state index is -0.686. The Bertz CT molecular complexity index is 744. The number of benzene rings is 3. The Hall–Kier alpha value is -2.65. The van der Waals surface area contributed by atoms with Gasteiger partial charge in [0.25, 0.3) is 0 Å². The zero-order valence-electron chi connectivity index (χ0n) is 13.3. The van der Waals surface area contributed by atoms with Crippen molar-refractivity contribution < 1.29 is 9.50 Å². The van der Waals surface area contributed by atoms with E-state index in [1.165, 1.54) is 17.7 Å². The van der Waals surface area contributed by atoms with E-state index in [9.17, 15) is 9.50 Å². The Morgan fingerprint density at radius 1 is 0.792 bits per heavy atom. The first kappa shape index (κ1) is 16.2. The Kier molecular flexibility index (Phi) is 5.24. The molecule has 0 saturated heterocycles. The highest BCUT2D eigenvalue weighted by molar-refractivity contribution is 5.47. The van der Waals surface area contributed by atoms with Crippen molar-refractivity contribution in [3.8, 4) is 0 Å². The highest BCUT2D eigenvalue weighted by Gasteiger charge is 2.15. The van der Waals surface area contributed by atoms with Crippen LogP contribution in [0.1, 0.15) is 17.2 Å². The molecule has 1 atom stereocenters. The van der Waals surface area contributed by atoms with Crippen LogP contribution in [0.15, 0.2) is 84.9 Å². The molecule has 24 heavy (non-hydrogen) atoms. The van der Waals surface area contributed by atoms with Crippen molar-refractivity contribution in [1.29, 1.82) is 0 Å². The van der Waals surface area contributed by atoms with Crippen molar-refractivity contribution in [2.45, 2.75) is 12.6 Å². The van der Waals surface area contributed by atoms with E-state index in [1.54, 1.807) is 12.1 Å². The smallest absolute Gasteiger partial charge is 0.123 e. The summed E-state index contributed by atoms with van der Waals surface area (Å²) >= 11 is 0. The second-order valence-electron chi connectivity index (χ2n) is 5.77. The molecule has 0 amide bonds. The fraction of sp³-hybridized carbons (Fsp3) is 0.143. The number of aliphatic hydroxyl groups is 1. The molecule has 3 aromatic rings. The fourth-order valence-electron chi connectivity index (χ4n) is 2.70. The second-order valence-corrected chi connectivity index (χ2v) is 5.77. The van der Waals surface area contributed by atoms with Crippen molar-refractivity contribution in [3.05, 3.63) is 102 Å². The van der Waals surface area contributed by atoms with Crippen molar-refractivity contribution in [2.75, 3.05) is 11.4 Å². The first-order valence-electron chi connectivity index (χ1n) is 8.00. The molecule has 0 aromatic heterocycles. The van der Waals surface area contributed by atoms with Gasteiger partial charge in [0.05, 0.1) is 6.10 Å². The maximum atomic E-state index is 13.1. The Labute approximate surface area is 141 Å². The van der Waals surface area contributed by atoms with Gasteiger partial charge in [-0.1, -0.05) is 60.7 Å². The third-order valence-electron chi connectivity index (χ3n) is 3.99. The summed E-state index contributed by atoms with van der Waals surface area (Å²) in [6, 6.07) is 26.2. The molecule has 1 unspecified atom stereocenters. The minimum Gasteiger partial charge on any atom is -0.387 e. The molecule has 1 N–H and O–H groups in total. The summed E-state index contributed by atoms with van der Waals surface area (Å²) in [5.41, 5.74) is 2.93. The maximum absolute atomic E-state index is 13.1. The van der Waals surface area contributed by atoms with E-state index < -0.39 is 6.10 Å². The van der Waals surface area contributed by atoms with E-state index in [1.807, 2.05) is 48.5 Å². The van der Waals surface area contributed by atoms with Crippen LogP contribution in [0.2, 0.25) is 0 Å². The van der Waals surface area contributed by atoms with Gasteiger partial charge in [0.2, 0.25) is 0 Å². The van der Waals surface area contributed by atoms with Crippen LogP contribution in [-0.4, -0.2) is 11.7 Å². The molecule has 0 fully saturated rings. The number of aliphatic hydroxyl groups excluding tert-OH is 1. The van der Waals surface area contributed by atoms with Crippen molar-refractivity contribution >= 4 is 5.69 Å². The van der Waals surface area contributed by atoms with Gasteiger partial charge in [-0.2, -0.15) is 0 Å². The Morgan fingerprint density at radius 3 is 2.00 bits per heavy atom. The van der Waals surface area contributed by atoms with Crippen molar-refractivity contribution in [3.63, 3.8) is 0 Å². The molecule has 3 rings (SSSR count). The van der Waals surface area contributed by atoms with Gasteiger partial charge in [0.15, 0.2) is 0 Å². The number of halogens is 1. The van der Waals surface area contributed by atoms with E-state index >= 15 is 0 Å². The average Bonchev–Trinajstić information content (AvgIpc) is 2.63. The highest BCUT2D eigenvalue weighted by Crippen LogP contribution is 2.22. The molecule has 3 heteroatoms. The standard InChI is InChI=1S/C21H20FNO/c22-19-13-11-18(12-14-19)21(24)16-23(20-9-5-2-6-10-20)15-17-7-3-1-4-8-17/h1-14,21,24H,15-16H2. The molecule has 0 bridgehead atoms. The van der Waals surface area contributed by atoms with E-state index in [2.05, 4.69) is 17.0 Å². The number of rotatable bonds is 6. The summed E-state index contributed by atoms with van der Waals surface area (Å²) in [5, 5.41) is 10.6. The van der Waals surface area contributed by atoms with E-state index in [0.29, 0.717) is 18.7 Å². The molecular formula is C21H20FNO. The van der Waals surface area contributed by atoms with Crippen molar-refractivity contribution in [1.82, 2.24) is 0 Å². The third kappa shape index (κ3) is 4.21. The summed E-state index contributed by atoms with van der Waals surface area (Å²) in [6.07, 6.45) is -0.686. The quantitative estimate of drug-likeness (QED) is 0.719. The molecule has 2 nitrogen and oxygen atoms in total. The SMILES string of the molecule is OC(CN(Cc1ccccc1)c1ccccc1)c1ccc(F)cc1. The van der Waals surface area contributed by atoms with E-state index in [-0.39, 0.29) is 5.82 Å². The summed E-state index contributed by atoms with van der Waals surface area (Å²) in [7, 11) is 0. The summed E-state index contributed by atoms with van der Waals surface area (Å²) < 4.78 is 13.1. The topological polar surface area (TPSA) is 23.5 Å².